The van der Waals surface area contributed by atoms with E-state index in [0.717, 1.165) is 5.75 Å². The van der Waals surface area contributed by atoms with Crippen LogP contribution >= 0.6 is 21.6 Å². The topological polar surface area (TPSA) is 26.0 Å². The molecule has 0 spiro atoms. The highest BCUT2D eigenvalue weighted by Crippen LogP contribution is 2.27. The van der Waals surface area contributed by atoms with Gasteiger partial charge in [0.1, 0.15) is 0 Å². The molecule has 3 heteroatoms. The van der Waals surface area contributed by atoms with Crippen molar-refractivity contribution in [1.29, 1.82) is 0 Å². The lowest BCUT2D eigenvalue weighted by molar-refractivity contribution is 0.730. The first-order valence-corrected chi connectivity index (χ1v) is 4.88. The van der Waals surface area contributed by atoms with E-state index >= 15 is 0 Å². The zero-order chi connectivity index (χ0) is 5.11. The van der Waals surface area contributed by atoms with Crippen molar-refractivity contribution in [3.05, 3.63) is 0 Å². The molecule has 0 aromatic rings. The van der Waals surface area contributed by atoms with Gasteiger partial charge in [0.15, 0.2) is 0 Å². The zero-order valence-electron chi connectivity index (χ0n) is 4.09. The Morgan fingerprint density at radius 3 is 2.57 bits per heavy atom. The molecule has 0 saturated carbocycles. The van der Waals surface area contributed by atoms with Gasteiger partial charge in [-0.2, -0.15) is 0 Å². The molecule has 0 amide bonds. The second kappa shape index (κ2) is 2.84. The van der Waals surface area contributed by atoms with Crippen LogP contribution < -0.4 is 5.73 Å². The molecular weight excluding hydrogens is 126 g/mol. The molecule has 7 heavy (non-hydrogen) atoms. The van der Waals surface area contributed by atoms with Crippen LogP contribution in [-0.4, -0.2) is 17.5 Å². The normalized spacial score (nSPS) is 33.0. The minimum absolute atomic E-state index is 0.478. The molecule has 1 heterocycles. The SMILES string of the molecule is N[C@H]1CCSSC1. The summed E-state index contributed by atoms with van der Waals surface area (Å²) >= 11 is 0. The first-order valence-electron chi connectivity index (χ1n) is 2.39. The maximum atomic E-state index is 5.60. The van der Waals surface area contributed by atoms with Gasteiger partial charge < -0.3 is 5.73 Å². The standard InChI is InChI=1S/C4H9NS2/c5-4-1-2-6-7-3-4/h4H,1-3,5H2/t4-/m0/s1. The van der Waals surface area contributed by atoms with E-state index in [0.29, 0.717) is 6.04 Å². The van der Waals surface area contributed by atoms with Gasteiger partial charge in [-0.15, -0.1) is 0 Å². The van der Waals surface area contributed by atoms with Crippen LogP contribution in [0.25, 0.3) is 0 Å². The van der Waals surface area contributed by atoms with Crippen LogP contribution in [0.2, 0.25) is 0 Å². The number of hydrogen-bond acceptors (Lipinski definition) is 3. The molecular formula is C4H9NS2. The highest BCUT2D eigenvalue weighted by molar-refractivity contribution is 8.76. The summed E-state index contributed by atoms with van der Waals surface area (Å²) in [5.74, 6) is 2.39. The summed E-state index contributed by atoms with van der Waals surface area (Å²) in [6.45, 7) is 0. The number of rotatable bonds is 0. The second-order valence-electron chi connectivity index (χ2n) is 1.66. The van der Waals surface area contributed by atoms with Gasteiger partial charge in [0.2, 0.25) is 0 Å². The fourth-order valence-corrected chi connectivity index (χ4v) is 2.89. The average molecular weight is 135 g/mol. The minimum Gasteiger partial charge on any atom is -0.327 e. The van der Waals surface area contributed by atoms with Crippen LogP contribution in [0.3, 0.4) is 0 Å². The molecule has 0 radical (unpaired) electrons. The van der Waals surface area contributed by atoms with E-state index in [4.69, 9.17) is 5.73 Å². The Kier molecular flexibility index (Phi) is 2.35. The van der Waals surface area contributed by atoms with Crippen molar-refractivity contribution in [2.24, 2.45) is 5.73 Å². The maximum absolute atomic E-state index is 5.60. The van der Waals surface area contributed by atoms with Crippen LogP contribution in [0.5, 0.6) is 0 Å². The van der Waals surface area contributed by atoms with Crippen LogP contribution in [0.15, 0.2) is 0 Å². The molecule has 1 fully saturated rings. The van der Waals surface area contributed by atoms with E-state index in [1.165, 1.54) is 12.2 Å². The third kappa shape index (κ3) is 1.93. The molecule has 1 aliphatic heterocycles. The van der Waals surface area contributed by atoms with Crippen LogP contribution in [-0.2, 0) is 0 Å². The minimum atomic E-state index is 0.478. The van der Waals surface area contributed by atoms with E-state index in [-0.39, 0.29) is 0 Å². The lowest BCUT2D eigenvalue weighted by atomic mass is 10.3. The molecule has 1 aliphatic rings. The maximum Gasteiger partial charge on any atom is 0.0189 e. The number of hydrogen-bond donors (Lipinski definition) is 1. The third-order valence-corrected chi connectivity index (χ3v) is 3.48. The monoisotopic (exact) mass is 135 g/mol. The van der Waals surface area contributed by atoms with Crippen molar-refractivity contribution in [2.75, 3.05) is 11.5 Å². The van der Waals surface area contributed by atoms with Crippen LogP contribution in [0.4, 0.5) is 0 Å². The summed E-state index contributed by atoms with van der Waals surface area (Å²) in [6.07, 6.45) is 1.21. The Balaban J connectivity index is 2.12. The second-order valence-corrected chi connectivity index (χ2v) is 4.28. The summed E-state index contributed by atoms with van der Waals surface area (Å²) in [6, 6.07) is 0.478. The van der Waals surface area contributed by atoms with Gasteiger partial charge in [0.25, 0.3) is 0 Å². The molecule has 1 rings (SSSR count). The Morgan fingerprint density at radius 2 is 2.29 bits per heavy atom. The Hall–Kier alpha value is 0.660. The van der Waals surface area contributed by atoms with E-state index in [1.807, 2.05) is 21.6 Å². The van der Waals surface area contributed by atoms with Crippen LogP contribution in [0, 0.1) is 0 Å². The highest BCUT2D eigenvalue weighted by Gasteiger charge is 2.07. The molecule has 42 valence electrons. The van der Waals surface area contributed by atoms with Gasteiger partial charge >= 0.3 is 0 Å². The molecule has 0 aliphatic carbocycles. The van der Waals surface area contributed by atoms with Crippen molar-refractivity contribution in [1.82, 2.24) is 0 Å². The van der Waals surface area contributed by atoms with E-state index in [9.17, 15) is 0 Å². The first-order chi connectivity index (χ1) is 3.39. The van der Waals surface area contributed by atoms with Crippen molar-refractivity contribution in [3.8, 4) is 0 Å². The third-order valence-electron chi connectivity index (χ3n) is 0.937. The van der Waals surface area contributed by atoms with Crippen molar-refractivity contribution < 1.29 is 0 Å². The molecule has 1 nitrogen and oxygen atoms in total. The molecule has 0 unspecified atom stereocenters. The van der Waals surface area contributed by atoms with Gasteiger partial charge in [-0.3, -0.25) is 0 Å². The quantitative estimate of drug-likeness (QED) is 0.504. The van der Waals surface area contributed by atoms with Gasteiger partial charge in [0.05, 0.1) is 0 Å². The molecule has 1 atom stereocenters. The summed E-state index contributed by atoms with van der Waals surface area (Å²) in [4.78, 5) is 0. The molecule has 1 saturated heterocycles. The predicted molar refractivity (Wildman–Crippen MR) is 37.5 cm³/mol. The summed E-state index contributed by atoms with van der Waals surface area (Å²) in [7, 11) is 3.83. The number of nitrogens with two attached hydrogens (primary N) is 1. The summed E-state index contributed by atoms with van der Waals surface area (Å²) in [5, 5.41) is 0. The van der Waals surface area contributed by atoms with Gasteiger partial charge in [-0.25, -0.2) is 0 Å². The fourth-order valence-electron chi connectivity index (χ4n) is 0.477. The van der Waals surface area contributed by atoms with Gasteiger partial charge in [-0.1, -0.05) is 21.6 Å². The molecule has 0 aromatic heterocycles. The largest absolute Gasteiger partial charge is 0.327 e. The Bertz CT molecular complexity index is 51.7. The van der Waals surface area contributed by atoms with E-state index in [2.05, 4.69) is 0 Å². The lowest BCUT2D eigenvalue weighted by Crippen LogP contribution is -2.25. The lowest BCUT2D eigenvalue weighted by Gasteiger charge is -2.14. The fraction of sp³-hybridized carbons (Fsp3) is 1.00. The zero-order valence-corrected chi connectivity index (χ0v) is 5.73. The highest BCUT2D eigenvalue weighted by atomic mass is 33.1. The van der Waals surface area contributed by atoms with Crippen molar-refractivity contribution >= 4 is 21.6 Å². The van der Waals surface area contributed by atoms with Gasteiger partial charge in [-0.05, 0) is 6.42 Å². The van der Waals surface area contributed by atoms with E-state index in [1.54, 1.807) is 0 Å². The Morgan fingerprint density at radius 1 is 1.43 bits per heavy atom. The smallest absolute Gasteiger partial charge is 0.0189 e. The molecule has 0 bridgehead atoms. The average Bonchev–Trinajstić information content (AvgIpc) is 1.69. The summed E-state index contributed by atoms with van der Waals surface area (Å²) in [5.41, 5.74) is 5.60. The van der Waals surface area contributed by atoms with Crippen molar-refractivity contribution in [3.63, 3.8) is 0 Å². The summed E-state index contributed by atoms with van der Waals surface area (Å²) < 4.78 is 0. The molecule has 2 N–H and O–H groups in total. The van der Waals surface area contributed by atoms with Crippen molar-refractivity contribution in [2.45, 2.75) is 12.5 Å². The van der Waals surface area contributed by atoms with Gasteiger partial charge in [0, 0.05) is 17.5 Å². The first kappa shape index (κ1) is 5.79. The predicted octanol–water partition coefficient (Wildman–Crippen LogP) is 1.10. The van der Waals surface area contributed by atoms with E-state index < -0.39 is 0 Å². The molecule has 0 aromatic carbocycles. The Labute approximate surface area is 51.8 Å². The van der Waals surface area contributed by atoms with Crippen LogP contribution in [0.1, 0.15) is 6.42 Å².